The van der Waals surface area contributed by atoms with Crippen molar-refractivity contribution in [3.8, 4) is 16.8 Å². The van der Waals surface area contributed by atoms with E-state index in [-0.39, 0.29) is 0 Å². The molecule has 254 valence electrons. The van der Waals surface area contributed by atoms with Crippen LogP contribution in [0.4, 0.5) is 0 Å². The molecule has 13 aromatic rings. The summed E-state index contributed by atoms with van der Waals surface area (Å²) in [6.45, 7) is 0. The second kappa shape index (κ2) is 10.6. The first-order chi connectivity index (χ1) is 27.2. The number of fused-ring (bicyclic) bond motifs is 17. The van der Waals surface area contributed by atoms with E-state index >= 15 is 0 Å². The van der Waals surface area contributed by atoms with Crippen LogP contribution in [0.15, 0.2) is 185 Å². The zero-order chi connectivity index (χ0) is 35.8. The fourth-order valence-corrected chi connectivity index (χ4v) is 9.46. The molecule has 0 spiro atoms. The van der Waals surface area contributed by atoms with Gasteiger partial charge in [0.2, 0.25) is 0 Å². The van der Waals surface area contributed by atoms with Crippen LogP contribution in [0, 0.1) is 0 Å². The first-order valence-corrected chi connectivity index (χ1v) is 18.8. The van der Waals surface area contributed by atoms with Gasteiger partial charge in [0.1, 0.15) is 22.3 Å². The highest BCUT2D eigenvalue weighted by atomic mass is 16.3. The SMILES string of the molecule is c1ccc2c(c1)ccc1oc3cc4c5ccccc5c5cc(-c6ccc7c(c6)c6ccccc6n7-c6ccc7oc8ccccc8c7c6)ccc5c4cc3c12. The van der Waals surface area contributed by atoms with Gasteiger partial charge in [0.15, 0.2) is 0 Å². The van der Waals surface area contributed by atoms with E-state index in [1.165, 1.54) is 81.4 Å². The summed E-state index contributed by atoms with van der Waals surface area (Å²) in [5, 5.41) is 16.9. The molecule has 0 aliphatic rings. The van der Waals surface area contributed by atoms with Gasteiger partial charge in [-0.05, 0) is 121 Å². The molecule has 3 heterocycles. The summed E-state index contributed by atoms with van der Waals surface area (Å²) in [6, 6.07) is 63.8. The molecule has 0 bridgehead atoms. The number of furan rings is 2. The molecular weight excluding hydrogens is 671 g/mol. The number of hydrogen-bond donors (Lipinski definition) is 0. The highest BCUT2D eigenvalue weighted by molar-refractivity contribution is 6.30. The first kappa shape index (κ1) is 29.1. The van der Waals surface area contributed by atoms with E-state index in [1.54, 1.807) is 0 Å². The van der Waals surface area contributed by atoms with Crippen molar-refractivity contribution in [3.63, 3.8) is 0 Å². The lowest BCUT2D eigenvalue weighted by molar-refractivity contribution is 0.668. The Morgan fingerprint density at radius 3 is 1.76 bits per heavy atom. The Labute approximate surface area is 313 Å². The Hall–Kier alpha value is -7.36. The standard InChI is InChI=1S/C52H29NO2/c1-2-10-34-30(9-1)19-23-50-52(34)45-28-41-37-21-17-31(25-40(37)35-11-3-4-12-36(35)42(41)29-51(45)55-50)32-18-22-47-43(26-32)38-13-5-7-15-46(38)53(47)33-20-24-49-44(27-33)39-14-6-8-16-48(39)54-49/h1-29H. The zero-order valence-corrected chi connectivity index (χ0v) is 29.5. The first-order valence-electron chi connectivity index (χ1n) is 18.8. The number of para-hydroxylation sites is 2. The molecule has 0 atom stereocenters. The molecule has 0 unspecified atom stereocenters. The minimum Gasteiger partial charge on any atom is -0.456 e. The number of rotatable bonds is 2. The highest BCUT2D eigenvalue weighted by Crippen LogP contribution is 2.43. The molecule has 13 rings (SSSR count). The molecule has 55 heavy (non-hydrogen) atoms. The molecule has 3 nitrogen and oxygen atoms in total. The quantitative estimate of drug-likeness (QED) is 0.168. The maximum Gasteiger partial charge on any atom is 0.136 e. The van der Waals surface area contributed by atoms with Crippen LogP contribution >= 0.6 is 0 Å². The van der Waals surface area contributed by atoms with Gasteiger partial charge in [-0.15, -0.1) is 0 Å². The van der Waals surface area contributed by atoms with Gasteiger partial charge < -0.3 is 13.4 Å². The number of benzene rings is 10. The van der Waals surface area contributed by atoms with E-state index in [4.69, 9.17) is 8.83 Å². The van der Waals surface area contributed by atoms with E-state index in [0.717, 1.165) is 44.2 Å². The molecule has 0 saturated carbocycles. The minimum atomic E-state index is 0.903. The zero-order valence-electron chi connectivity index (χ0n) is 29.5. The Kier molecular flexibility index (Phi) is 5.63. The summed E-state index contributed by atoms with van der Waals surface area (Å²) >= 11 is 0. The molecule has 0 amide bonds. The largest absolute Gasteiger partial charge is 0.456 e. The molecule has 3 heteroatoms. The Morgan fingerprint density at radius 2 is 0.891 bits per heavy atom. The van der Waals surface area contributed by atoms with E-state index < -0.39 is 0 Å². The van der Waals surface area contributed by atoms with Crippen molar-refractivity contribution < 1.29 is 8.83 Å². The average Bonchev–Trinajstić information content (AvgIpc) is 3.92. The lowest BCUT2D eigenvalue weighted by Crippen LogP contribution is -1.93. The molecule has 10 aromatic carbocycles. The third-order valence-corrected chi connectivity index (χ3v) is 11.9. The highest BCUT2D eigenvalue weighted by Gasteiger charge is 2.18. The molecule has 0 aliphatic carbocycles. The van der Waals surface area contributed by atoms with Crippen LogP contribution in [-0.4, -0.2) is 4.57 Å². The smallest absolute Gasteiger partial charge is 0.136 e. The van der Waals surface area contributed by atoms with Crippen molar-refractivity contribution in [2.75, 3.05) is 0 Å². The van der Waals surface area contributed by atoms with Crippen LogP contribution in [0.1, 0.15) is 0 Å². The molecule has 0 N–H and O–H groups in total. The molecule has 0 radical (unpaired) electrons. The van der Waals surface area contributed by atoms with Crippen molar-refractivity contribution in [1.29, 1.82) is 0 Å². The van der Waals surface area contributed by atoms with Crippen LogP contribution in [-0.2, 0) is 0 Å². The second-order valence-corrected chi connectivity index (χ2v) is 14.8. The van der Waals surface area contributed by atoms with Gasteiger partial charge in [0.25, 0.3) is 0 Å². The maximum atomic E-state index is 6.53. The van der Waals surface area contributed by atoms with E-state index in [1.807, 2.05) is 12.1 Å². The normalized spacial score (nSPS) is 12.4. The molecule has 0 saturated heterocycles. The molecule has 0 aliphatic heterocycles. The Balaban J connectivity index is 1.03. The van der Waals surface area contributed by atoms with Gasteiger partial charge in [-0.2, -0.15) is 0 Å². The maximum absolute atomic E-state index is 6.53. The van der Waals surface area contributed by atoms with E-state index in [9.17, 15) is 0 Å². The predicted molar refractivity (Wildman–Crippen MR) is 231 cm³/mol. The summed E-state index contributed by atoms with van der Waals surface area (Å²) in [6.07, 6.45) is 0. The monoisotopic (exact) mass is 699 g/mol. The number of hydrogen-bond acceptors (Lipinski definition) is 2. The number of aromatic nitrogens is 1. The summed E-state index contributed by atoms with van der Waals surface area (Å²) in [7, 11) is 0. The Bertz CT molecular complexity index is 3780. The van der Waals surface area contributed by atoms with Crippen molar-refractivity contribution in [3.05, 3.63) is 176 Å². The summed E-state index contributed by atoms with van der Waals surface area (Å²) in [4.78, 5) is 0. The van der Waals surface area contributed by atoms with Crippen molar-refractivity contribution in [2.24, 2.45) is 0 Å². The van der Waals surface area contributed by atoms with Gasteiger partial charge in [-0.1, -0.05) is 109 Å². The van der Waals surface area contributed by atoms with Crippen LogP contribution in [0.25, 0.3) is 126 Å². The summed E-state index contributed by atoms with van der Waals surface area (Å²) in [5.41, 5.74) is 9.53. The Morgan fingerprint density at radius 1 is 0.291 bits per heavy atom. The predicted octanol–water partition coefficient (Wildman–Crippen LogP) is 14.9. The van der Waals surface area contributed by atoms with Gasteiger partial charge in [-0.25, -0.2) is 0 Å². The van der Waals surface area contributed by atoms with E-state index in [2.05, 4.69) is 168 Å². The van der Waals surface area contributed by atoms with Crippen LogP contribution in [0.5, 0.6) is 0 Å². The van der Waals surface area contributed by atoms with Crippen molar-refractivity contribution >= 4 is 109 Å². The molecule has 0 fully saturated rings. The third-order valence-electron chi connectivity index (χ3n) is 11.9. The molecular formula is C52H29NO2. The van der Waals surface area contributed by atoms with Gasteiger partial charge in [-0.3, -0.25) is 0 Å². The van der Waals surface area contributed by atoms with E-state index in [0.29, 0.717) is 0 Å². The topological polar surface area (TPSA) is 31.2 Å². The lowest BCUT2D eigenvalue weighted by atomic mass is 9.91. The summed E-state index contributed by atoms with van der Waals surface area (Å²) in [5.74, 6) is 0. The molecule has 3 aromatic heterocycles. The van der Waals surface area contributed by atoms with Crippen molar-refractivity contribution in [1.82, 2.24) is 4.57 Å². The van der Waals surface area contributed by atoms with Gasteiger partial charge in [0.05, 0.1) is 11.0 Å². The van der Waals surface area contributed by atoms with Crippen LogP contribution in [0.3, 0.4) is 0 Å². The fourth-order valence-electron chi connectivity index (χ4n) is 9.46. The number of nitrogens with zero attached hydrogens (tertiary/aromatic N) is 1. The van der Waals surface area contributed by atoms with Crippen LogP contribution in [0.2, 0.25) is 0 Å². The lowest BCUT2D eigenvalue weighted by Gasteiger charge is -2.13. The van der Waals surface area contributed by atoms with Gasteiger partial charge in [0, 0.05) is 38.0 Å². The third kappa shape index (κ3) is 3.99. The second-order valence-electron chi connectivity index (χ2n) is 14.8. The minimum absolute atomic E-state index is 0.903. The fraction of sp³-hybridized carbons (Fsp3) is 0. The average molecular weight is 700 g/mol. The van der Waals surface area contributed by atoms with Crippen molar-refractivity contribution in [2.45, 2.75) is 0 Å². The summed E-state index contributed by atoms with van der Waals surface area (Å²) < 4.78 is 15.1. The van der Waals surface area contributed by atoms with Crippen LogP contribution < -0.4 is 0 Å². The van der Waals surface area contributed by atoms with Gasteiger partial charge >= 0.3 is 0 Å².